The van der Waals surface area contributed by atoms with E-state index in [2.05, 4.69) is 38.3 Å². The number of morpholine rings is 1. The van der Waals surface area contributed by atoms with Gasteiger partial charge in [0, 0.05) is 37.1 Å². The van der Waals surface area contributed by atoms with E-state index < -0.39 is 0 Å². The minimum atomic E-state index is 0.217. The van der Waals surface area contributed by atoms with Gasteiger partial charge >= 0.3 is 0 Å². The van der Waals surface area contributed by atoms with Crippen LogP contribution < -0.4 is 10.6 Å². The number of hydrogen-bond acceptors (Lipinski definition) is 7. The largest absolute Gasteiger partial charge is 0.382 e. The van der Waals surface area contributed by atoms with Crippen LogP contribution in [-0.4, -0.2) is 60.5 Å². The van der Waals surface area contributed by atoms with E-state index in [-0.39, 0.29) is 6.04 Å². The van der Waals surface area contributed by atoms with Gasteiger partial charge in [0.15, 0.2) is 17.3 Å². The van der Waals surface area contributed by atoms with E-state index in [4.69, 9.17) is 15.5 Å². The van der Waals surface area contributed by atoms with Gasteiger partial charge in [-0.2, -0.15) is 14.9 Å². The van der Waals surface area contributed by atoms with Crippen LogP contribution in [0.4, 0.5) is 11.6 Å². The number of aromatic amines is 1. The van der Waals surface area contributed by atoms with E-state index in [0.29, 0.717) is 30.5 Å². The van der Waals surface area contributed by atoms with Crippen LogP contribution in [0.25, 0.3) is 28.1 Å². The van der Waals surface area contributed by atoms with E-state index in [1.807, 2.05) is 30.8 Å². The second-order valence-corrected chi connectivity index (χ2v) is 7.39. The summed E-state index contributed by atoms with van der Waals surface area (Å²) in [6.07, 6.45) is 1.77. The second kappa shape index (κ2) is 6.59. The number of nitrogens with two attached hydrogens (primary N) is 1. The summed E-state index contributed by atoms with van der Waals surface area (Å²) in [5.74, 6) is 1.92. The normalized spacial score (nSPS) is 17.3. The Morgan fingerprint density at radius 1 is 1.28 bits per heavy atom. The lowest BCUT2D eigenvalue weighted by Crippen LogP contribution is -2.44. The van der Waals surface area contributed by atoms with Gasteiger partial charge in [0.05, 0.1) is 30.3 Å². The average Bonchev–Trinajstić information content (AvgIpc) is 3.41. The van der Waals surface area contributed by atoms with Crippen molar-refractivity contribution in [1.29, 1.82) is 0 Å². The van der Waals surface area contributed by atoms with Gasteiger partial charge in [-0.25, -0.2) is 4.98 Å². The average molecular weight is 393 g/mol. The highest BCUT2D eigenvalue weighted by Crippen LogP contribution is 2.36. The van der Waals surface area contributed by atoms with Crippen molar-refractivity contribution in [3.05, 3.63) is 30.1 Å². The minimum absolute atomic E-state index is 0.217. The summed E-state index contributed by atoms with van der Waals surface area (Å²) >= 11 is 0. The zero-order valence-electron chi connectivity index (χ0n) is 16.6. The Kier molecular flexibility index (Phi) is 4.02. The van der Waals surface area contributed by atoms with Crippen molar-refractivity contribution in [3.8, 4) is 17.1 Å². The number of hydrogen-bond donors (Lipinski definition) is 2. The van der Waals surface area contributed by atoms with Crippen molar-refractivity contribution >= 4 is 22.7 Å². The third-order valence-corrected chi connectivity index (χ3v) is 5.32. The highest BCUT2D eigenvalue weighted by Gasteiger charge is 2.25. The number of anilines is 2. The van der Waals surface area contributed by atoms with Crippen LogP contribution in [0.1, 0.15) is 12.6 Å². The third kappa shape index (κ3) is 2.83. The molecule has 0 amide bonds. The Morgan fingerprint density at radius 2 is 2.14 bits per heavy atom. The molecule has 1 fully saturated rings. The Bertz CT molecular complexity index is 1190. The van der Waals surface area contributed by atoms with Crippen LogP contribution in [-0.2, 0) is 11.8 Å². The zero-order chi connectivity index (χ0) is 20.1. The SMILES string of the molecule is Cc1cc(-n2nc(N)c3c(-c4ccnn4C)cc(N4CCOC[C@H]4C)nc32)n[nH]1. The number of nitrogens with zero attached hydrogens (tertiary/aromatic N) is 7. The molecule has 1 atom stereocenters. The maximum absolute atomic E-state index is 6.36. The number of nitrogens with one attached hydrogen (secondary N) is 1. The highest BCUT2D eigenvalue weighted by atomic mass is 16.5. The quantitative estimate of drug-likeness (QED) is 0.544. The van der Waals surface area contributed by atoms with Crippen LogP contribution in [0.5, 0.6) is 0 Å². The Hall–Kier alpha value is -3.40. The third-order valence-electron chi connectivity index (χ3n) is 5.32. The minimum Gasteiger partial charge on any atom is -0.382 e. The molecule has 5 heterocycles. The molecule has 3 N–H and O–H groups in total. The lowest BCUT2D eigenvalue weighted by molar-refractivity contribution is 0.0985. The zero-order valence-corrected chi connectivity index (χ0v) is 16.6. The van der Waals surface area contributed by atoms with E-state index in [1.54, 1.807) is 10.9 Å². The Labute approximate surface area is 167 Å². The Balaban J connectivity index is 1.80. The summed E-state index contributed by atoms with van der Waals surface area (Å²) in [4.78, 5) is 7.22. The number of rotatable bonds is 3. The molecule has 0 aromatic carbocycles. The van der Waals surface area contributed by atoms with E-state index in [1.165, 1.54) is 0 Å². The molecule has 5 rings (SSSR count). The number of fused-ring (bicyclic) bond motifs is 1. The van der Waals surface area contributed by atoms with Crippen LogP contribution in [0.3, 0.4) is 0 Å². The summed E-state index contributed by atoms with van der Waals surface area (Å²) < 4.78 is 9.13. The van der Waals surface area contributed by atoms with Gasteiger partial charge in [-0.1, -0.05) is 0 Å². The smallest absolute Gasteiger partial charge is 0.177 e. The highest BCUT2D eigenvalue weighted by molar-refractivity contribution is 6.01. The van der Waals surface area contributed by atoms with Crippen molar-refractivity contribution in [1.82, 2.24) is 34.7 Å². The van der Waals surface area contributed by atoms with Gasteiger partial charge in [0.1, 0.15) is 5.82 Å². The van der Waals surface area contributed by atoms with Crippen LogP contribution >= 0.6 is 0 Å². The number of nitrogen functional groups attached to an aromatic ring is 1. The van der Waals surface area contributed by atoms with Gasteiger partial charge in [-0.15, -0.1) is 5.10 Å². The van der Waals surface area contributed by atoms with Crippen molar-refractivity contribution in [2.75, 3.05) is 30.4 Å². The molecule has 10 heteroatoms. The van der Waals surface area contributed by atoms with Gasteiger partial charge in [0.2, 0.25) is 0 Å². The first kappa shape index (κ1) is 17.7. The maximum Gasteiger partial charge on any atom is 0.177 e. The molecule has 0 saturated carbocycles. The fourth-order valence-electron chi connectivity index (χ4n) is 3.86. The van der Waals surface area contributed by atoms with Gasteiger partial charge in [0.25, 0.3) is 0 Å². The molecule has 4 aromatic rings. The summed E-state index contributed by atoms with van der Waals surface area (Å²) in [5.41, 5.74) is 9.86. The Morgan fingerprint density at radius 3 is 2.83 bits per heavy atom. The molecule has 4 aromatic heterocycles. The fourth-order valence-corrected chi connectivity index (χ4v) is 3.86. The number of aryl methyl sites for hydroxylation is 2. The second-order valence-electron chi connectivity index (χ2n) is 7.39. The fraction of sp³-hybridized carbons (Fsp3) is 0.368. The summed E-state index contributed by atoms with van der Waals surface area (Å²) in [7, 11) is 1.91. The monoisotopic (exact) mass is 393 g/mol. The van der Waals surface area contributed by atoms with Crippen molar-refractivity contribution in [2.24, 2.45) is 7.05 Å². The lowest BCUT2D eigenvalue weighted by atomic mass is 10.1. The molecule has 150 valence electrons. The van der Waals surface area contributed by atoms with Crippen molar-refractivity contribution in [3.63, 3.8) is 0 Å². The number of aromatic nitrogens is 7. The number of pyridine rings is 1. The lowest BCUT2D eigenvalue weighted by Gasteiger charge is -2.34. The molecular weight excluding hydrogens is 370 g/mol. The maximum atomic E-state index is 6.36. The van der Waals surface area contributed by atoms with Gasteiger partial charge in [-0.05, 0) is 26.0 Å². The predicted molar refractivity (Wildman–Crippen MR) is 110 cm³/mol. The first-order valence-electron chi connectivity index (χ1n) is 9.57. The summed E-state index contributed by atoms with van der Waals surface area (Å²) in [5, 5.41) is 17.0. The molecule has 29 heavy (non-hydrogen) atoms. The topological polar surface area (TPSA) is 116 Å². The van der Waals surface area contributed by atoms with Crippen molar-refractivity contribution in [2.45, 2.75) is 19.9 Å². The van der Waals surface area contributed by atoms with Gasteiger partial charge in [-0.3, -0.25) is 9.78 Å². The molecule has 1 aliphatic rings. The molecule has 0 spiro atoms. The van der Waals surface area contributed by atoms with Crippen LogP contribution in [0, 0.1) is 6.92 Å². The van der Waals surface area contributed by atoms with Crippen LogP contribution in [0.15, 0.2) is 24.4 Å². The summed E-state index contributed by atoms with van der Waals surface area (Å²) in [6.45, 7) is 6.19. The van der Waals surface area contributed by atoms with E-state index in [0.717, 1.165) is 34.7 Å². The van der Waals surface area contributed by atoms with E-state index in [9.17, 15) is 0 Å². The molecule has 10 nitrogen and oxygen atoms in total. The van der Waals surface area contributed by atoms with Gasteiger partial charge < -0.3 is 15.4 Å². The number of ether oxygens (including phenoxy) is 1. The predicted octanol–water partition coefficient (Wildman–Crippen LogP) is 1.66. The molecule has 1 aliphatic heterocycles. The standard InChI is InChI=1S/C19H23N9O/c1-11-8-16(24-23-11)28-19-17(18(20)25-28)13(14-4-5-21-26(14)3)9-15(22-19)27-6-7-29-10-12(27)2/h4-5,8-9,12H,6-7,10H2,1-3H3,(H2,20,25)(H,23,24)/t12-/m1/s1. The molecule has 0 unspecified atom stereocenters. The summed E-state index contributed by atoms with van der Waals surface area (Å²) in [6, 6.07) is 6.17. The van der Waals surface area contributed by atoms with E-state index >= 15 is 0 Å². The van der Waals surface area contributed by atoms with Crippen LogP contribution in [0.2, 0.25) is 0 Å². The molecule has 1 saturated heterocycles. The molecular formula is C19H23N9O. The molecule has 0 aliphatic carbocycles. The molecule has 0 radical (unpaired) electrons. The first-order chi connectivity index (χ1) is 14.0. The van der Waals surface area contributed by atoms with Crippen molar-refractivity contribution < 1.29 is 4.74 Å². The number of H-pyrrole nitrogens is 1. The first-order valence-corrected chi connectivity index (χ1v) is 9.57. The molecule has 0 bridgehead atoms.